The minimum absolute atomic E-state index is 0.135. The Balaban J connectivity index is 2.68. The van der Waals surface area contributed by atoms with Crippen LogP contribution in [0.1, 0.15) is 20.8 Å². The highest BCUT2D eigenvalue weighted by Crippen LogP contribution is 2.22. The Morgan fingerprint density at radius 3 is 2.58 bits per heavy atom. The lowest BCUT2D eigenvalue weighted by Gasteiger charge is -2.28. The van der Waals surface area contributed by atoms with Crippen LogP contribution < -0.4 is 10.6 Å². The number of nitrogens with zero attached hydrogens (tertiary/aromatic N) is 3. The van der Waals surface area contributed by atoms with Crippen molar-refractivity contribution >= 4 is 23.4 Å². The second kappa shape index (κ2) is 6.91. The molecule has 0 aliphatic carbocycles. The minimum atomic E-state index is 0.135. The highest BCUT2D eigenvalue weighted by Gasteiger charge is 2.19. The van der Waals surface area contributed by atoms with Gasteiger partial charge in [-0.2, -0.15) is 4.98 Å². The summed E-state index contributed by atoms with van der Waals surface area (Å²) < 4.78 is 0. The zero-order valence-corrected chi connectivity index (χ0v) is 13.2. The summed E-state index contributed by atoms with van der Waals surface area (Å²) in [6.07, 6.45) is 1.62. The van der Waals surface area contributed by atoms with Crippen LogP contribution in [-0.2, 0) is 0 Å². The Morgan fingerprint density at radius 2 is 2.00 bits per heavy atom. The first-order valence-corrected chi connectivity index (χ1v) is 6.87. The molecule has 0 spiro atoms. The van der Waals surface area contributed by atoms with Crippen LogP contribution in [0, 0.1) is 5.41 Å². The molecule has 0 aliphatic heterocycles. The van der Waals surface area contributed by atoms with Crippen LogP contribution in [0.15, 0.2) is 6.20 Å². The molecule has 0 saturated carbocycles. The first-order valence-electron chi connectivity index (χ1n) is 6.49. The van der Waals surface area contributed by atoms with Crippen molar-refractivity contribution in [3.05, 3.63) is 11.2 Å². The molecule has 0 aromatic carbocycles. The number of hydrogen-bond donors (Lipinski definition) is 2. The van der Waals surface area contributed by atoms with Gasteiger partial charge >= 0.3 is 0 Å². The molecular weight excluding hydrogens is 262 g/mol. The fourth-order valence-corrected chi connectivity index (χ4v) is 2.13. The molecule has 0 atom stereocenters. The SMILES string of the molecule is CCNc1ncc(Cl)c(NCC(C)(C)CN(C)C)n1. The molecular formula is C13H24ClN5. The first-order chi connectivity index (χ1) is 8.84. The Kier molecular flexibility index (Phi) is 5.82. The summed E-state index contributed by atoms with van der Waals surface area (Å²) >= 11 is 6.11. The number of anilines is 2. The van der Waals surface area contributed by atoms with Crippen molar-refractivity contribution < 1.29 is 0 Å². The summed E-state index contributed by atoms with van der Waals surface area (Å²) in [6.45, 7) is 9.00. The lowest BCUT2D eigenvalue weighted by atomic mass is 9.93. The van der Waals surface area contributed by atoms with E-state index in [0.717, 1.165) is 19.6 Å². The predicted molar refractivity (Wildman–Crippen MR) is 82.0 cm³/mol. The van der Waals surface area contributed by atoms with Crippen LogP contribution in [0.3, 0.4) is 0 Å². The molecule has 108 valence electrons. The van der Waals surface area contributed by atoms with E-state index >= 15 is 0 Å². The van der Waals surface area contributed by atoms with Crippen LogP contribution in [-0.4, -0.2) is 48.6 Å². The summed E-state index contributed by atoms with van der Waals surface area (Å²) in [5, 5.41) is 6.93. The molecule has 1 aromatic heterocycles. The minimum Gasteiger partial charge on any atom is -0.368 e. The van der Waals surface area contributed by atoms with E-state index in [1.165, 1.54) is 0 Å². The van der Waals surface area contributed by atoms with Gasteiger partial charge in [0.05, 0.1) is 6.20 Å². The van der Waals surface area contributed by atoms with Gasteiger partial charge in [-0.1, -0.05) is 25.4 Å². The van der Waals surface area contributed by atoms with E-state index in [1.807, 2.05) is 6.92 Å². The van der Waals surface area contributed by atoms with E-state index in [-0.39, 0.29) is 5.41 Å². The standard InChI is InChI=1S/C13H24ClN5/c1-6-15-12-16-7-10(14)11(18-12)17-8-13(2,3)9-19(4)5/h7H,6,8-9H2,1-5H3,(H2,15,16,17,18). The van der Waals surface area contributed by atoms with Crippen LogP contribution in [0.5, 0.6) is 0 Å². The first kappa shape index (κ1) is 16.0. The van der Waals surface area contributed by atoms with Crippen molar-refractivity contribution in [2.75, 3.05) is 44.4 Å². The second-order valence-electron chi connectivity index (χ2n) is 5.68. The maximum atomic E-state index is 6.11. The van der Waals surface area contributed by atoms with E-state index in [9.17, 15) is 0 Å². The van der Waals surface area contributed by atoms with Crippen molar-refractivity contribution in [3.8, 4) is 0 Å². The Hall–Kier alpha value is -1.07. The second-order valence-corrected chi connectivity index (χ2v) is 6.08. The molecule has 0 fully saturated rings. The van der Waals surface area contributed by atoms with Gasteiger partial charge in [0, 0.05) is 19.6 Å². The largest absolute Gasteiger partial charge is 0.368 e. The van der Waals surface area contributed by atoms with Gasteiger partial charge in [-0.05, 0) is 26.4 Å². The number of nitrogens with one attached hydrogen (secondary N) is 2. The average molecular weight is 286 g/mol. The van der Waals surface area contributed by atoms with Crippen LogP contribution >= 0.6 is 11.6 Å². The lowest BCUT2D eigenvalue weighted by molar-refractivity contribution is 0.254. The molecule has 1 heterocycles. The van der Waals surface area contributed by atoms with Crippen LogP contribution in [0.4, 0.5) is 11.8 Å². The molecule has 0 saturated heterocycles. The van der Waals surface area contributed by atoms with Gasteiger partial charge < -0.3 is 15.5 Å². The van der Waals surface area contributed by atoms with Crippen molar-refractivity contribution in [1.29, 1.82) is 0 Å². The quantitative estimate of drug-likeness (QED) is 0.806. The van der Waals surface area contributed by atoms with E-state index in [2.05, 4.69) is 53.4 Å². The topological polar surface area (TPSA) is 53.1 Å². The molecule has 1 aromatic rings. The summed E-state index contributed by atoms with van der Waals surface area (Å²) in [5.74, 6) is 1.28. The van der Waals surface area contributed by atoms with Gasteiger partial charge in [0.2, 0.25) is 5.95 Å². The Bertz CT molecular complexity index is 406. The smallest absolute Gasteiger partial charge is 0.224 e. The maximum Gasteiger partial charge on any atom is 0.224 e. The van der Waals surface area contributed by atoms with Crippen molar-refractivity contribution in [3.63, 3.8) is 0 Å². The maximum absolute atomic E-state index is 6.11. The van der Waals surface area contributed by atoms with Gasteiger partial charge in [-0.15, -0.1) is 0 Å². The van der Waals surface area contributed by atoms with Gasteiger partial charge in [0.15, 0.2) is 5.82 Å². The van der Waals surface area contributed by atoms with Crippen molar-refractivity contribution in [2.45, 2.75) is 20.8 Å². The van der Waals surface area contributed by atoms with E-state index in [4.69, 9.17) is 11.6 Å². The normalized spacial score (nSPS) is 11.7. The average Bonchev–Trinajstić information content (AvgIpc) is 2.28. The molecule has 5 nitrogen and oxygen atoms in total. The van der Waals surface area contributed by atoms with Gasteiger partial charge in [0.1, 0.15) is 5.02 Å². The number of hydrogen-bond acceptors (Lipinski definition) is 5. The molecule has 0 unspecified atom stereocenters. The number of rotatable bonds is 7. The lowest BCUT2D eigenvalue weighted by Crippen LogP contribution is -2.34. The number of aromatic nitrogens is 2. The highest BCUT2D eigenvalue weighted by atomic mass is 35.5. The third kappa shape index (κ3) is 5.61. The summed E-state index contributed by atoms with van der Waals surface area (Å²) in [6, 6.07) is 0. The van der Waals surface area contributed by atoms with Crippen LogP contribution in [0.2, 0.25) is 5.02 Å². The molecule has 6 heteroatoms. The van der Waals surface area contributed by atoms with Crippen molar-refractivity contribution in [1.82, 2.24) is 14.9 Å². The third-order valence-corrected chi connectivity index (χ3v) is 2.83. The molecule has 0 amide bonds. The number of halogens is 1. The molecule has 1 rings (SSSR count). The third-order valence-electron chi connectivity index (χ3n) is 2.56. The summed E-state index contributed by atoms with van der Waals surface area (Å²) in [5.41, 5.74) is 0.135. The molecule has 0 radical (unpaired) electrons. The molecule has 0 bridgehead atoms. The van der Waals surface area contributed by atoms with E-state index < -0.39 is 0 Å². The zero-order valence-electron chi connectivity index (χ0n) is 12.4. The fourth-order valence-electron chi connectivity index (χ4n) is 1.97. The van der Waals surface area contributed by atoms with Crippen LogP contribution in [0.25, 0.3) is 0 Å². The van der Waals surface area contributed by atoms with Gasteiger partial charge in [-0.25, -0.2) is 4.98 Å². The van der Waals surface area contributed by atoms with Gasteiger partial charge in [0.25, 0.3) is 0 Å². The summed E-state index contributed by atoms with van der Waals surface area (Å²) in [7, 11) is 4.14. The Labute approximate surface area is 120 Å². The summed E-state index contributed by atoms with van der Waals surface area (Å²) in [4.78, 5) is 10.7. The zero-order chi connectivity index (χ0) is 14.5. The molecule has 2 N–H and O–H groups in total. The van der Waals surface area contributed by atoms with E-state index in [0.29, 0.717) is 16.8 Å². The van der Waals surface area contributed by atoms with Crippen molar-refractivity contribution in [2.24, 2.45) is 5.41 Å². The van der Waals surface area contributed by atoms with Gasteiger partial charge in [-0.3, -0.25) is 0 Å². The fraction of sp³-hybridized carbons (Fsp3) is 0.692. The molecule has 19 heavy (non-hydrogen) atoms. The predicted octanol–water partition coefficient (Wildman–Crippen LogP) is 2.56. The highest BCUT2D eigenvalue weighted by molar-refractivity contribution is 6.32. The van der Waals surface area contributed by atoms with E-state index in [1.54, 1.807) is 6.20 Å². The Morgan fingerprint density at radius 1 is 1.32 bits per heavy atom. The monoisotopic (exact) mass is 285 g/mol. The molecule has 0 aliphatic rings.